The van der Waals surface area contributed by atoms with Crippen LogP contribution >= 0.6 is 0 Å². The first-order chi connectivity index (χ1) is 7.61. The van der Waals surface area contributed by atoms with Gasteiger partial charge in [-0.25, -0.2) is 0 Å². The van der Waals surface area contributed by atoms with Gasteiger partial charge in [-0.05, 0) is 38.0 Å². The zero-order chi connectivity index (χ0) is 11.7. The van der Waals surface area contributed by atoms with Gasteiger partial charge in [0.2, 0.25) is 0 Å². The van der Waals surface area contributed by atoms with Crippen molar-refractivity contribution in [3.8, 4) is 0 Å². The van der Waals surface area contributed by atoms with Gasteiger partial charge in [0.1, 0.15) is 0 Å². The van der Waals surface area contributed by atoms with E-state index in [2.05, 4.69) is 0 Å². The van der Waals surface area contributed by atoms with Crippen LogP contribution in [0.4, 0.5) is 0 Å². The van der Waals surface area contributed by atoms with Crippen LogP contribution in [0.1, 0.15) is 32.1 Å². The molecule has 2 N–H and O–H groups in total. The van der Waals surface area contributed by atoms with E-state index in [-0.39, 0.29) is 0 Å². The molecule has 0 saturated heterocycles. The van der Waals surface area contributed by atoms with Crippen molar-refractivity contribution in [2.75, 3.05) is 0 Å². The van der Waals surface area contributed by atoms with Crippen LogP contribution < -0.4 is 0 Å². The fraction of sp³-hybridized carbons (Fsp3) is 0.667. The van der Waals surface area contributed by atoms with Crippen molar-refractivity contribution in [3.05, 3.63) is 11.6 Å². The van der Waals surface area contributed by atoms with Gasteiger partial charge >= 0.3 is 11.9 Å². The lowest BCUT2D eigenvalue weighted by Gasteiger charge is -2.36. The molecule has 16 heavy (non-hydrogen) atoms. The molecule has 1 saturated carbocycles. The van der Waals surface area contributed by atoms with Crippen LogP contribution in [0.25, 0.3) is 0 Å². The summed E-state index contributed by atoms with van der Waals surface area (Å²) in [4.78, 5) is 22.3. The van der Waals surface area contributed by atoms with E-state index < -0.39 is 23.8 Å². The second-order valence-corrected chi connectivity index (χ2v) is 4.67. The van der Waals surface area contributed by atoms with Crippen molar-refractivity contribution in [1.82, 2.24) is 0 Å². The van der Waals surface area contributed by atoms with Gasteiger partial charge in [0.05, 0.1) is 11.8 Å². The molecule has 2 aliphatic carbocycles. The maximum absolute atomic E-state index is 11.2. The highest BCUT2D eigenvalue weighted by atomic mass is 16.4. The summed E-state index contributed by atoms with van der Waals surface area (Å²) in [6.07, 6.45) is 6.28. The van der Waals surface area contributed by atoms with Crippen molar-refractivity contribution in [3.63, 3.8) is 0 Å². The predicted molar refractivity (Wildman–Crippen MR) is 56.9 cm³/mol. The minimum absolute atomic E-state index is 0.311. The first-order valence-electron chi connectivity index (χ1n) is 5.77. The quantitative estimate of drug-likeness (QED) is 0.702. The third-order valence-corrected chi connectivity index (χ3v) is 3.78. The molecule has 0 amide bonds. The van der Waals surface area contributed by atoms with Crippen molar-refractivity contribution >= 4 is 11.9 Å². The summed E-state index contributed by atoms with van der Waals surface area (Å²) in [5.74, 6) is -3.18. The van der Waals surface area contributed by atoms with E-state index >= 15 is 0 Å². The van der Waals surface area contributed by atoms with Gasteiger partial charge < -0.3 is 10.2 Å². The second-order valence-electron chi connectivity index (χ2n) is 4.67. The molecule has 0 spiro atoms. The normalized spacial score (nSPS) is 33.8. The molecule has 0 aliphatic heterocycles. The molecular formula is C12H16O4. The summed E-state index contributed by atoms with van der Waals surface area (Å²) in [5, 5.41) is 18.2. The largest absolute Gasteiger partial charge is 0.481 e. The summed E-state index contributed by atoms with van der Waals surface area (Å²) in [7, 11) is 0. The standard InChI is InChI=1S/C12H16O4/c13-11(14)9-6-5-7-3-1-2-4-8(7)10(9)12(15)16/h4,7,9-10H,1-3,5-6H2,(H,13,14)(H,15,16). The molecule has 0 heterocycles. The molecule has 3 unspecified atom stereocenters. The van der Waals surface area contributed by atoms with Crippen molar-refractivity contribution in [2.24, 2.45) is 17.8 Å². The Morgan fingerprint density at radius 3 is 2.50 bits per heavy atom. The van der Waals surface area contributed by atoms with Crippen LogP contribution in [0, 0.1) is 17.8 Å². The van der Waals surface area contributed by atoms with E-state index in [1.165, 1.54) is 0 Å². The van der Waals surface area contributed by atoms with Crippen LogP contribution in [0.15, 0.2) is 11.6 Å². The van der Waals surface area contributed by atoms with Crippen LogP contribution in [0.3, 0.4) is 0 Å². The Labute approximate surface area is 94.0 Å². The third-order valence-electron chi connectivity index (χ3n) is 3.78. The Balaban J connectivity index is 2.31. The van der Waals surface area contributed by atoms with Gasteiger partial charge in [0.25, 0.3) is 0 Å². The Morgan fingerprint density at radius 1 is 1.12 bits per heavy atom. The Kier molecular flexibility index (Phi) is 2.99. The monoisotopic (exact) mass is 224 g/mol. The van der Waals surface area contributed by atoms with Crippen LogP contribution in [-0.4, -0.2) is 22.2 Å². The van der Waals surface area contributed by atoms with Gasteiger partial charge in [-0.15, -0.1) is 0 Å². The molecular weight excluding hydrogens is 208 g/mol. The SMILES string of the molecule is O=C(O)C1CCC2CCCC=C2C1C(=O)O. The highest BCUT2D eigenvalue weighted by Crippen LogP contribution is 2.43. The molecule has 88 valence electrons. The third kappa shape index (κ3) is 1.84. The lowest BCUT2D eigenvalue weighted by molar-refractivity contribution is -0.153. The molecule has 0 aromatic rings. The van der Waals surface area contributed by atoms with E-state index in [4.69, 9.17) is 5.11 Å². The fourth-order valence-electron chi connectivity index (χ4n) is 3.02. The lowest BCUT2D eigenvalue weighted by Crippen LogP contribution is -2.38. The number of carboxylic acid groups (broad SMARTS) is 2. The molecule has 2 rings (SSSR count). The molecule has 1 fully saturated rings. The molecule has 2 aliphatic rings. The lowest BCUT2D eigenvalue weighted by atomic mass is 9.67. The highest BCUT2D eigenvalue weighted by molar-refractivity contribution is 5.83. The number of hydrogen-bond donors (Lipinski definition) is 2. The Morgan fingerprint density at radius 2 is 1.88 bits per heavy atom. The zero-order valence-electron chi connectivity index (χ0n) is 9.06. The van der Waals surface area contributed by atoms with Crippen molar-refractivity contribution < 1.29 is 19.8 Å². The maximum Gasteiger partial charge on any atom is 0.311 e. The molecule has 4 heteroatoms. The molecule has 3 atom stereocenters. The van der Waals surface area contributed by atoms with E-state index in [1.54, 1.807) is 0 Å². The number of carboxylic acids is 2. The minimum Gasteiger partial charge on any atom is -0.481 e. The summed E-state index contributed by atoms with van der Waals surface area (Å²) >= 11 is 0. The first kappa shape index (κ1) is 11.2. The Bertz CT molecular complexity index is 345. The van der Waals surface area contributed by atoms with E-state index in [9.17, 15) is 14.7 Å². The molecule has 0 aromatic heterocycles. The number of allylic oxidation sites excluding steroid dienone is 1. The van der Waals surface area contributed by atoms with E-state index in [0.29, 0.717) is 12.3 Å². The zero-order valence-corrected chi connectivity index (χ0v) is 9.06. The van der Waals surface area contributed by atoms with Gasteiger partial charge in [-0.2, -0.15) is 0 Å². The summed E-state index contributed by atoms with van der Waals surface area (Å²) < 4.78 is 0. The number of hydrogen-bond acceptors (Lipinski definition) is 2. The molecule has 0 aromatic carbocycles. The average Bonchev–Trinajstić information content (AvgIpc) is 2.27. The topological polar surface area (TPSA) is 74.6 Å². The van der Waals surface area contributed by atoms with Gasteiger partial charge in [0.15, 0.2) is 0 Å². The summed E-state index contributed by atoms with van der Waals surface area (Å²) in [6, 6.07) is 0. The van der Waals surface area contributed by atoms with E-state index in [1.807, 2.05) is 6.08 Å². The predicted octanol–water partition coefficient (Wildman–Crippen LogP) is 1.91. The molecule has 0 radical (unpaired) electrons. The Hall–Kier alpha value is -1.32. The van der Waals surface area contributed by atoms with Crippen LogP contribution in [0.5, 0.6) is 0 Å². The average molecular weight is 224 g/mol. The van der Waals surface area contributed by atoms with Crippen LogP contribution in [0.2, 0.25) is 0 Å². The van der Waals surface area contributed by atoms with Crippen molar-refractivity contribution in [1.29, 1.82) is 0 Å². The number of aliphatic carboxylic acids is 2. The van der Waals surface area contributed by atoms with E-state index in [0.717, 1.165) is 31.3 Å². The summed E-state index contributed by atoms with van der Waals surface area (Å²) in [5.41, 5.74) is 0.873. The van der Waals surface area contributed by atoms with Gasteiger partial charge in [-0.1, -0.05) is 11.6 Å². The number of carbonyl (C=O) groups is 2. The maximum atomic E-state index is 11.2. The van der Waals surface area contributed by atoms with Gasteiger partial charge in [-0.3, -0.25) is 9.59 Å². The molecule has 0 bridgehead atoms. The van der Waals surface area contributed by atoms with Crippen molar-refractivity contribution in [2.45, 2.75) is 32.1 Å². The smallest absolute Gasteiger partial charge is 0.311 e. The van der Waals surface area contributed by atoms with Gasteiger partial charge in [0, 0.05) is 0 Å². The highest BCUT2D eigenvalue weighted by Gasteiger charge is 2.43. The number of rotatable bonds is 2. The number of fused-ring (bicyclic) bond motifs is 1. The first-order valence-corrected chi connectivity index (χ1v) is 5.77. The molecule has 4 nitrogen and oxygen atoms in total. The fourth-order valence-corrected chi connectivity index (χ4v) is 3.02. The summed E-state index contributed by atoms with van der Waals surface area (Å²) in [6.45, 7) is 0. The minimum atomic E-state index is -0.981. The van der Waals surface area contributed by atoms with Crippen LogP contribution in [-0.2, 0) is 9.59 Å². The second kappa shape index (κ2) is 4.28.